The first-order chi connectivity index (χ1) is 15.9. The first-order valence-electron chi connectivity index (χ1n) is 10.6. The summed E-state index contributed by atoms with van der Waals surface area (Å²) in [4.78, 5) is 28.6. The molecule has 1 amide bonds. The van der Waals surface area contributed by atoms with E-state index in [0.717, 1.165) is 11.6 Å². The van der Waals surface area contributed by atoms with Crippen molar-refractivity contribution in [1.82, 2.24) is 29.5 Å². The maximum atomic E-state index is 14.6. The van der Waals surface area contributed by atoms with Gasteiger partial charge in [-0.15, -0.1) is 0 Å². The molecule has 0 spiro atoms. The van der Waals surface area contributed by atoms with Gasteiger partial charge >= 0.3 is 0 Å². The molecule has 1 fully saturated rings. The van der Waals surface area contributed by atoms with Crippen LogP contribution in [0.3, 0.4) is 0 Å². The van der Waals surface area contributed by atoms with E-state index in [2.05, 4.69) is 25.4 Å². The number of pyridine rings is 1. The summed E-state index contributed by atoms with van der Waals surface area (Å²) < 4.78 is 30.1. The average Bonchev–Trinajstić information content (AvgIpc) is 3.28. The van der Waals surface area contributed by atoms with Gasteiger partial charge in [0.05, 0.1) is 17.8 Å². The summed E-state index contributed by atoms with van der Waals surface area (Å²) in [6.07, 6.45) is 3.07. The first-order valence-corrected chi connectivity index (χ1v) is 10.6. The van der Waals surface area contributed by atoms with Crippen LogP contribution in [0, 0.1) is 11.6 Å². The second kappa shape index (κ2) is 8.23. The van der Waals surface area contributed by atoms with Gasteiger partial charge in [0.15, 0.2) is 5.65 Å². The molecule has 170 valence electrons. The number of fused-ring (bicyclic) bond motifs is 2. The molecule has 1 atom stereocenters. The third-order valence-electron chi connectivity index (χ3n) is 5.89. The van der Waals surface area contributed by atoms with E-state index in [1.807, 2.05) is 11.8 Å². The van der Waals surface area contributed by atoms with Gasteiger partial charge in [0.2, 0.25) is 11.9 Å². The molecule has 4 aromatic rings. The van der Waals surface area contributed by atoms with E-state index < -0.39 is 11.6 Å². The van der Waals surface area contributed by atoms with Gasteiger partial charge in [0.1, 0.15) is 23.8 Å². The Kier molecular flexibility index (Phi) is 5.23. The fourth-order valence-electron chi connectivity index (χ4n) is 4.13. The molecule has 0 unspecified atom stereocenters. The SMILES string of the molecule is CC(=O)N1CCN(c2nc3cc(F)cc(F)c3cc2[C@H](C)Nc2ncnc3ccnn23)CC1. The Morgan fingerprint density at radius 3 is 2.67 bits per heavy atom. The van der Waals surface area contributed by atoms with Gasteiger partial charge in [-0.05, 0) is 13.0 Å². The number of nitrogens with zero attached hydrogens (tertiary/aromatic N) is 7. The Balaban J connectivity index is 1.56. The Morgan fingerprint density at radius 1 is 1.12 bits per heavy atom. The number of aromatic nitrogens is 5. The summed E-state index contributed by atoms with van der Waals surface area (Å²) >= 11 is 0. The summed E-state index contributed by atoms with van der Waals surface area (Å²) in [7, 11) is 0. The summed E-state index contributed by atoms with van der Waals surface area (Å²) in [6.45, 7) is 5.68. The van der Waals surface area contributed by atoms with Crippen LogP contribution in [0.2, 0.25) is 0 Å². The minimum atomic E-state index is -0.680. The molecule has 0 bridgehead atoms. The van der Waals surface area contributed by atoms with Crippen molar-refractivity contribution < 1.29 is 13.6 Å². The highest BCUT2D eigenvalue weighted by molar-refractivity contribution is 5.83. The maximum absolute atomic E-state index is 14.6. The molecule has 4 heterocycles. The third-order valence-corrected chi connectivity index (χ3v) is 5.89. The van der Waals surface area contributed by atoms with Crippen molar-refractivity contribution >= 4 is 34.2 Å². The Hall–Kier alpha value is -3.89. The summed E-state index contributed by atoms with van der Waals surface area (Å²) in [5, 5.41) is 7.79. The Morgan fingerprint density at radius 2 is 1.91 bits per heavy atom. The van der Waals surface area contributed by atoms with Crippen LogP contribution in [0.5, 0.6) is 0 Å². The number of amides is 1. The molecule has 3 aromatic heterocycles. The van der Waals surface area contributed by atoms with E-state index in [9.17, 15) is 13.6 Å². The summed E-state index contributed by atoms with van der Waals surface area (Å²) in [5.41, 5.74) is 1.60. The molecule has 11 heteroatoms. The van der Waals surface area contributed by atoms with Gasteiger partial charge in [-0.1, -0.05) is 0 Å². The third kappa shape index (κ3) is 3.90. The Bertz CT molecular complexity index is 1350. The van der Waals surface area contributed by atoms with Crippen LogP contribution in [-0.4, -0.2) is 61.6 Å². The molecule has 1 N–H and O–H groups in total. The van der Waals surface area contributed by atoms with Crippen LogP contribution in [0.25, 0.3) is 16.6 Å². The normalized spacial score (nSPS) is 15.3. The molecule has 0 radical (unpaired) electrons. The highest BCUT2D eigenvalue weighted by atomic mass is 19.1. The van der Waals surface area contributed by atoms with E-state index in [0.29, 0.717) is 43.6 Å². The molecule has 1 aliphatic heterocycles. The largest absolute Gasteiger partial charge is 0.353 e. The highest BCUT2D eigenvalue weighted by Gasteiger charge is 2.25. The number of rotatable bonds is 4. The molecular weight excluding hydrogens is 430 g/mol. The maximum Gasteiger partial charge on any atom is 0.227 e. The van der Waals surface area contributed by atoms with Gasteiger partial charge in [-0.3, -0.25) is 4.79 Å². The number of carbonyl (C=O) groups excluding carboxylic acids is 1. The number of hydrogen-bond donors (Lipinski definition) is 1. The quantitative estimate of drug-likeness (QED) is 0.509. The molecular formula is C22H22F2N8O. The summed E-state index contributed by atoms with van der Waals surface area (Å²) in [6, 6.07) is 5.21. The van der Waals surface area contributed by atoms with Gasteiger partial charge in [-0.25, -0.2) is 23.7 Å². The molecule has 1 aliphatic rings. The predicted molar refractivity (Wildman–Crippen MR) is 119 cm³/mol. The van der Waals surface area contributed by atoms with Crippen molar-refractivity contribution in [2.75, 3.05) is 36.4 Å². The topological polar surface area (TPSA) is 91.5 Å². The van der Waals surface area contributed by atoms with Gasteiger partial charge in [-0.2, -0.15) is 9.61 Å². The van der Waals surface area contributed by atoms with Crippen LogP contribution in [0.15, 0.2) is 36.8 Å². The lowest BCUT2D eigenvalue weighted by Gasteiger charge is -2.36. The van der Waals surface area contributed by atoms with E-state index in [-0.39, 0.29) is 22.9 Å². The molecule has 33 heavy (non-hydrogen) atoms. The lowest BCUT2D eigenvalue weighted by molar-refractivity contribution is -0.129. The number of carbonyl (C=O) groups is 1. The number of benzene rings is 1. The average molecular weight is 452 g/mol. The molecule has 0 aliphatic carbocycles. The smallest absolute Gasteiger partial charge is 0.227 e. The van der Waals surface area contributed by atoms with E-state index in [1.54, 1.807) is 34.7 Å². The molecule has 0 saturated carbocycles. The van der Waals surface area contributed by atoms with Gasteiger partial charge in [0, 0.05) is 62.3 Å². The van der Waals surface area contributed by atoms with Crippen molar-refractivity contribution in [3.8, 4) is 0 Å². The lowest BCUT2D eigenvalue weighted by atomic mass is 10.0. The van der Waals surface area contributed by atoms with E-state index >= 15 is 0 Å². The van der Waals surface area contributed by atoms with Crippen molar-refractivity contribution in [2.45, 2.75) is 19.9 Å². The molecule has 5 rings (SSSR count). The monoisotopic (exact) mass is 452 g/mol. The Labute approximate surface area is 188 Å². The number of hydrogen-bond acceptors (Lipinski definition) is 7. The molecule has 1 saturated heterocycles. The van der Waals surface area contributed by atoms with Crippen LogP contribution in [0.1, 0.15) is 25.5 Å². The van der Waals surface area contributed by atoms with E-state index in [1.165, 1.54) is 12.4 Å². The number of anilines is 2. The van der Waals surface area contributed by atoms with Gasteiger partial charge in [0.25, 0.3) is 0 Å². The lowest BCUT2D eigenvalue weighted by Crippen LogP contribution is -2.48. The number of nitrogens with one attached hydrogen (secondary N) is 1. The number of piperazine rings is 1. The van der Waals surface area contributed by atoms with Crippen molar-refractivity contribution in [2.24, 2.45) is 0 Å². The van der Waals surface area contributed by atoms with Crippen molar-refractivity contribution in [1.29, 1.82) is 0 Å². The van der Waals surface area contributed by atoms with Crippen molar-refractivity contribution in [3.63, 3.8) is 0 Å². The second-order valence-corrected chi connectivity index (χ2v) is 8.01. The summed E-state index contributed by atoms with van der Waals surface area (Å²) in [5.74, 6) is -0.241. The molecule has 1 aromatic carbocycles. The predicted octanol–water partition coefficient (Wildman–Crippen LogP) is 2.79. The van der Waals surface area contributed by atoms with Crippen LogP contribution in [-0.2, 0) is 4.79 Å². The standard InChI is InChI=1S/C22H22F2N8O/c1-13(28-22-26-12-25-20-3-4-27-32(20)22)16-11-17-18(24)9-15(23)10-19(17)29-21(16)31-7-5-30(6-8-31)14(2)33/h3-4,9-13H,5-8H2,1-2H3,(H,25,26,28)/t13-/m0/s1. The minimum absolute atomic E-state index is 0.0209. The zero-order chi connectivity index (χ0) is 23.1. The second-order valence-electron chi connectivity index (χ2n) is 8.01. The minimum Gasteiger partial charge on any atom is -0.353 e. The van der Waals surface area contributed by atoms with Crippen LogP contribution in [0.4, 0.5) is 20.5 Å². The zero-order valence-electron chi connectivity index (χ0n) is 18.2. The van der Waals surface area contributed by atoms with E-state index in [4.69, 9.17) is 0 Å². The van der Waals surface area contributed by atoms with Crippen LogP contribution >= 0.6 is 0 Å². The van der Waals surface area contributed by atoms with Crippen LogP contribution < -0.4 is 10.2 Å². The fourth-order valence-corrected chi connectivity index (χ4v) is 4.13. The zero-order valence-corrected chi connectivity index (χ0v) is 18.2. The number of halogens is 2. The molecule has 9 nitrogen and oxygen atoms in total. The van der Waals surface area contributed by atoms with Crippen molar-refractivity contribution in [3.05, 3.63) is 54.0 Å². The first kappa shape index (κ1) is 21.0. The fraction of sp³-hybridized carbons (Fsp3) is 0.318. The highest BCUT2D eigenvalue weighted by Crippen LogP contribution is 2.32. The van der Waals surface area contributed by atoms with Gasteiger partial charge < -0.3 is 15.1 Å².